The number of halogens is 3. The standard InChI is InChI=1S/C19H21F3N2O2/c1-4-15-11-16-9-13(7-8-24(16)23(15)2)18-6-5-17(26-19(20,21)22)10-14(18)12-25-3/h5-11,15H,4,12H2,1-3H3. The number of fused-ring (bicyclic) bond motifs is 1. The Kier molecular flexibility index (Phi) is 5.11. The monoisotopic (exact) mass is 366 g/mol. The van der Waals surface area contributed by atoms with Crippen molar-refractivity contribution in [2.45, 2.75) is 32.4 Å². The first-order valence-corrected chi connectivity index (χ1v) is 8.34. The van der Waals surface area contributed by atoms with Gasteiger partial charge in [0.25, 0.3) is 0 Å². The van der Waals surface area contributed by atoms with Crippen molar-refractivity contribution in [3.8, 4) is 5.75 Å². The number of hydrogen-bond donors (Lipinski definition) is 0. The normalized spacial score (nSPS) is 20.1. The molecule has 2 aliphatic heterocycles. The van der Waals surface area contributed by atoms with Gasteiger partial charge in [-0.3, -0.25) is 5.01 Å². The smallest absolute Gasteiger partial charge is 0.406 e. The fourth-order valence-electron chi connectivity index (χ4n) is 3.26. The van der Waals surface area contributed by atoms with Gasteiger partial charge in [-0.1, -0.05) is 13.0 Å². The molecule has 1 aromatic carbocycles. The molecule has 0 aromatic heterocycles. The maximum Gasteiger partial charge on any atom is 0.573 e. The molecule has 1 aromatic rings. The molecule has 7 heteroatoms. The first-order chi connectivity index (χ1) is 12.3. The number of likely N-dealkylation sites (N-methyl/N-ethyl adjacent to an activating group) is 1. The number of methoxy groups -OCH3 is 1. The van der Waals surface area contributed by atoms with E-state index in [1.807, 2.05) is 25.4 Å². The van der Waals surface area contributed by atoms with Crippen molar-refractivity contribution in [1.29, 1.82) is 0 Å². The van der Waals surface area contributed by atoms with Gasteiger partial charge in [-0.2, -0.15) is 0 Å². The molecule has 0 aliphatic carbocycles. The summed E-state index contributed by atoms with van der Waals surface area (Å²) in [6.07, 6.45) is 4.40. The van der Waals surface area contributed by atoms with E-state index in [1.54, 1.807) is 6.07 Å². The van der Waals surface area contributed by atoms with Gasteiger partial charge in [0.2, 0.25) is 0 Å². The largest absolute Gasteiger partial charge is 0.573 e. The Balaban J connectivity index is 1.94. The van der Waals surface area contributed by atoms with Crippen LogP contribution in [0.5, 0.6) is 5.75 Å². The van der Waals surface area contributed by atoms with Crippen molar-refractivity contribution in [3.05, 3.63) is 59.5 Å². The predicted octanol–water partition coefficient (Wildman–Crippen LogP) is 4.47. The summed E-state index contributed by atoms with van der Waals surface area (Å²) in [6, 6.07) is 4.66. The van der Waals surface area contributed by atoms with E-state index in [9.17, 15) is 13.2 Å². The lowest BCUT2D eigenvalue weighted by molar-refractivity contribution is -0.274. The van der Waals surface area contributed by atoms with E-state index in [-0.39, 0.29) is 12.4 Å². The Morgan fingerprint density at radius 3 is 2.65 bits per heavy atom. The molecule has 0 fully saturated rings. The van der Waals surface area contributed by atoms with Gasteiger partial charge in [0.05, 0.1) is 12.3 Å². The molecule has 2 heterocycles. The molecule has 0 bridgehead atoms. The summed E-state index contributed by atoms with van der Waals surface area (Å²) in [5.41, 5.74) is 3.43. The topological polar surface area (TPSA) is 24.9 Å². The van der Waals surface area contributed by atoms with Crippen LogP contribution in [0.4, 0.5) is 13.2 Å². The highest BCUT2D eigenvalue weighted by Crippen LogP contribution is 2.34. The lowest BCUT2D eigenvalue weighted by Crippen LogP contribution is -2.35. The molecule has 2 aliphatic rings. The van der Waals surface area contributed by atoms with Gasteiger partial charge in [-0.25, -0.2) is 5.01 Å². The number of hydrogen-bond acceptors (Lipinski definition) is 4. The molecule has 140 valence electrons. The zero-order valence-corrected chi connectivity index (χ0v) is 14.9. The summed E-state index contributed by atoms with van der Waals surface area (Å²) < 4.78 is 46.6. The van der Waals surface area contributed by atoms with Gasteiger partial charge in [0.15, 0.2) is 0 Å². The average Bonchev–Trinajstić information content (AvgIpc) is 2.89. The summed E-state index contributed by atoms with van der Waals surface area (Å²) in [5.74, 6) is -0.249. The van der Waals surface area contributed by atoms with E-state index in [1.165, 1.54) is 19.2 Å². The lowest BCUT2D eigenvalue weighted by Gasteiger charge is -2.30. The molecule has 0 spiro atoms. The Morgan fingerprint density at radius 2 is 2.00 bits per heavy atom. The first kappa shape index (κ1) is 18.5. The minimum Gasteiger partial charge on any atom is -0.406 e. The molecule has 0 radical (unpaired) electrons. The first-order valence-electron chi connectivity index (χ1n) is 8.34. The maximum absolute atomic E-state index is 12.5. The van der Waals surface area contributed by atoms with Crippen LogP contribution in [0, 0.1) is 0 Å². The van der Waals surface area contributed by atoms with E-state index in [0.717, 1.165) is 23.3 Å². The van der Waals surface area contributed by atoms with Gasteiger partial charge in [-0.15, -0.1) is 13.2 Å². The SMILES string of the molecule is CCC1C=C2C=C(c3ccc(OC(F)(F)F)cc3COC)C=CN2N1C. The number of allylic oxidation sites excluding steroid dienone is 3. The van der Waals surface area contributed by atoms with Crippen molar-refractivity contribution in [2.24, 2.45) is 0 Å². The van der Waals surface area contributed by atoms with Gasteiger partial charge in [-0.05, 0) is 53.5 Å². The van der Waals surface area contributed by atoms with Crippen LogP contribution in [-0.2, 0) is 11.3 Å². The third-order valence-corrected chi connectivity index (χ3v) is 4.49. The zero-order valence-electron chi connectivity index (χ0n) is 14.9. The second-order valence-corrected chi connectivity index (χ2v) is 6.20. The molecule has 0 N–H and O–H groups in total. The number of alkyl halides is 3. The highest BCUT2D eigenvalue weighted by molar-refractivity contribution is 5.79. The average molecular weight is 366 g/mol. The van der Waals surface area contributed by atoms with Crippen molar-refractivity contribution in [2.75, 3.05) is 14.2 Å². The molecule has 0 saturated heterocycles. The van der Waals surface area contributed by atoms with Crippen molar-refractivity contribution < 1.29 is 22.6 Å². The third kappa shape index (κ3) is 3.78. The van der Waals surface area contributed by atoms with E-state index in [2.05, 4.69) is 27.8 Å². The van der Waals surface area contributed by atoms with Crippen molar-refractivity contribution in [1.82, 2.24) is 10.0 Å². The Bertz CT molecular complexity index is 769. The fraction of sp³-hybridized carbons (Fsp3) is 0.368. The van der Waals surface area contributed by atoms with Crippen LogP contribution in [0.2, 0.25) is 0 Å². The molecule has 0 saturated carbocycles. The lowest BCUT2D eigenvalue weighted by atomic mass is 9.97. The van der Waals surface area contributed by atoms with Crippen LogP contribution in [0.25, 0.3) is 5.57 Å². The summed E-state index contributed by atoms with van der Waals surface area (Å²) in [4.78, 5) is 0. The Hall–Kier alpha value is -2.25. The Labute approximate surface area is 150 Å². The molecule has 1 unspecified atom stereocenters. The molecule has 4 nitrogen and oxygen atoms in total. The highest BCUT2D eigenvalue weighted by atomic mass is 19.4. The Morgan fingerprint density at radius 1 is 1.23 bits per heavy atom. The van der Waals surface area contributed by atoms with Crippen LogP contribution in [0.1, 0.15) is 24.5 Å². The summed E-state index contributed by atoms with van der Waals surface area (Å²) in [5, 5.41) is 4.21. The second-order valence-electron chi connectivity index (χ2n) is 6.20. The summed E-state index contributed by atoms with van der Waals surface area (Å²) in [6.45, 7) is 2.32. The minimum atomic E-state index is -4.72. The number of rotatable bonds is 5. The quantitative estimate of drug-likeness (QED) is 0.768. The summed E-state index contributed by atoms with van der Waals surface area (Å²) >= 11 is 0. The fourth-order valence-corrected chi connectivity index (χ4v) is 3.26. The van der Waals surface area contributed by atoms with Crippen molar-refractivity contribution >= 4 is 5.57 Å². The van der Waals surface area contributed by atoms with Crippen LogP contribution in [0.3, 0.4) is 0 Å². The number of ether oxygens (including phenoxy) is 2. The van der Waals surface area contributed by atoms with Crippen molar-refractivity contribution in [3.63, 3.8) is 0 Å². The van der Waals surface area contributed by atoms with Gasteiger partial charge in [0.1, 0.15) is 5.75 Å². The van der Waals surface area contributed by atoms with E-state index in [0.29, 0.717) is 11.6 Å². The second kappa shape index (κ2) is 7.17. The number of benzene rings is 1. The molecule has 26 heavy (non-hydrogen) atoms. The van der Waals surface area contributed by atoms with E-state index < -0.39 is 6.36 Å². The summed E-state index contributed by atoms with van der Waals surface area (Å²) in [7, 11) is 3.54. The molecule has 1 atom stereocenters. The maximum atomic E-state index is 12.5. The van der Waals surface area contributed by atoms with E-state index in [4.69, 9.17) is 4.74 Å². The minimum absolute atomic E-state index is 0.190. The van der Waals surface area contributed by atoms with Crippen LogP contribution in [-0.4, -0.2) is 36.6 Å². The highest BCUT2D eigenvalue weighted by Gasteiger charge is 2.31. The predicted molar refractivity (Wildman–Crippen MR) is 92.7 cm³/mol. The van der Waals surface area contributed by atoms with Crippen LogP contribution < -0.4 is 4.74 Å². The van der Waals surface area contributed by atoms with Gasteiger partial charge >= 0.3 is 6.36 Å². The molecule has 3 rings (SSSR count). The van der Waals surface area contributed by atoms with Gasteiger partial charge in [0, 0.05) is 26.4 Å². The molecular formula is C19H21F3N2O2. The van der Waals surface area contributed by atoms with Gasteiger partial charge < -0.3 is 9.47 Å². The van der Waals surface area contributed by atoms with Crippen LogP contribution in [0.15, 0.2) is 48.3 Å². The van der Waals surface area contributed by atoms with Crippen LogP contribution >= 0.6 is 0 Å². The molecule has 0 amide bonds. The van der Waals surface area contributed by atoms with E-state index >= 15 is 0 Å². The number of hydrazine groups is 1. The number of nitrogens with zero attached hydrogens (tertiary/aromatic N) is 2. The third-order valence-electron chi connectivity index (χ3n) is 4.49. The zero-order chi connectivity index (χ0) is 18.9. The molecular weight excluding hydrogens is 345 g/mol.